The summed E-state index contributed by atoms with van der Waals surface area (Å²) in [5.41, 5.74) is 6.30. The Labute approximate surface area is 103 Å². The molecule has 0 aliphatic carbocycles. The van der Waals surface area contributed by atoms with Crippen molar-refractivity contribution in [2.45, 2.75) is 13.0 Å². The highest BCUT2D eigenvalue weighted by Crippen LogP contribution is 2.19. The second-order valence-corrected chi connectivity index (χ2v) is 4.60. The Kier molecular flexibility index (Phi) is 4.89. The summed E-state index contributed by atoms with van der Waals surface area (Å²) in [7, 11) is 1.94. The zero-order valence-electron chi connectivity index (χ0n) is 9.13. The monoisotopic (exact) mass is 287 g/mol. The van der Waals surface area contributed by atoms with Crippen molar-refractivity contribution in [3.63, 3.8) is 0 Å². The molecular weight excluding hydrogens is 273 g/mol. The van der Waals surface area contributed by atoms with Crippen molar-refractivity contribution in [1.29, 1.82) is 5.41 Å². The number of nitrogens with one attached hydrogen (secondary N) is 1. The van der Waals surface area contributed by atoms with Crippen LogP contribution in [0.5, 0.6) is 0 Å². The lowest BCUT2D eigenvalue weighted by Gasteiger charge is -2.17. The van der Waals surface area contributed by atoms with E-state index in [-0.39, 0.29) is 11.7 Å². The molecule has 3 nitrogen and oxygen atoms in total. The molecule has 16 heavy (non-hydrogen) atoms. The van der Waals surface area contributed by atoms with Crippen LogP contribution in [0.2, 0.25) is 0 Å². The summed E-state index contributed by atoms with van der Waals surface area (Å²) in [5.74, 6) is -0.0629. The number of nitrogens with two attached hydrogens (primary N) is 1. The SMILES string of the molecule is CN(CCC(=N)N)Cc1ccc(F)cc1Br. The molecule has 0 aliphatic rings. The van der Waals surface area contributed by atoms with Crippen molar-refractivity contribution in [3.8, 4) is 0 Å². The molecule has 0 radical (unpaired) electrons. The molecule has 0 spiro atoms. The summed E-state index contributed by atoms with van der Waals surface area (Å²) >= 11 is 3.32. The number of nitrogens with zero attached hydrogens (tertiary/aromatic N) is 1. The number of benzene rings is 1. The van der Waals surface area contributed by atoms with Gasteiger partial charge in [-0.05, 0) is 24.7 Å². The van der Waals surface area contributed by atoms with Crippen LogP contribution in [0.4, 0.5) is 4.39 Å². The first kappa shape index (κ1) is 13.1. The minimum absolute atomic E-state index is 0.185. The summed E-state index contributed by atoms with van der Waals surface area (Å²) in [5, 5.41) is 7.13. The van der Waals surface area contributed by atoms with Gasteiger partial charge in [0.2, 0.25) is 0 Å². The second-order valence-electron chi connectivity index (χ2n) is 3.75. The van der Waals surface area contributed by atoms with Gasteiger partial charge in [0.1, 0.15) is 5.82 Å². The minimum Gasteiger partial charge on any atom is -0.388 e. The lowest BCUT2D eigenvalue weighted by atomic mass is 10.2. The Morgan fingerprint density at radius 1 is 1.56 bits per heavy atom. The van der Waals surface area contributed by atoms with Crippen molar-refractivity contribution in [2.75, 3.05) is 13.6 Å². The van der Waals surface area contributed by atoms with Crippen LogP contribution in [0, 0.1) is 11.2 Å². The van der Waals surface area contributed by atoms with Gasteiger partial charge in [0, 0.05) is 24.0 Å². The van der Waals surface area contributed by atoms with Crippen molar-refractivity contribution in [1.82, 2.24) is 4.90 Å². The third-order valence-electron chi connectivity index (χ3n) is 2.22. The molecule has 0 heterocycles. The van der Waals surface area contributed by atoms with E-state index in [0.717, 1.165) is 16.6 Å². The third-order valence-corrected chi connectivity index (χ3v) is 2.96. The zero-order chi connectivity index (χ0) is 12.1. The highest BCUT2D eigenvalue weighted by molar-refractivity contribution is 9.10. The summed E-state index contributed by atoms with van der Waals surface area (Å²) < 4.78 is 13.6. The maximum atomic E-state index is 12.9. The molecule has 0 atom stereocenters. The first-order valence-electron chi connectivity index (χ1n) is 4.94. The smallest absolute Gasteiger partial charge is 0.124 e. The molecule has 0 saturated carbocycles. The number of halogens is 2. The highest BCUT2D eigenvalue weighted by atomic mass is 79.9. The molecule has 0 unspecified atom stereocenters. The molecule has 0 aliphatic heterocycles. The molecule has 1 rings (SSSR count). The first-order chi connectivity index (χ1) is 7.49. The molecule has 0 fully saturated rings. The zero-order valence-corrected chi connectivity index (χ0v) is 10.7. The minimum atomic E-state index is -0.248. The fourth-order valence-electron chi connectivity index (χ4n) is 1.33. The highest BCUT2D eigenvalue weighted by Gasteiger charge is 2.05. The van der Waals surface area contributed by atoms with Gasteiger partial charge in [0.25, 0.3) is 0 Å². The van der Waals surface area contributed by atoms with E-state index in [4.69, 9.17) is 11.1 Å². The molecule has 0 bridgehead atoms. The van der Waals surface area contributed by atoms with Gasteiger partial charge >= 0.3 is 0 Å². The van der Waals surface area contributed by atoms with Crippen LogP contribution in [-0.2, 0) is 6.54 Å². The second kappa shape index (κ2) is 5.96. The first-order valence-corrected chi connectivity index (χ1v) is 5.73. The van der Waals surface area contributed by atoms with Gasteiger partial charge in [-0.1, -0.05) is 22.0 Å². The molecule has 0 aromatic heterocycles. The van der Waals surface area contributed by atoms with Crippen LogP contribution in [0.15, 0.2) is 22.7 Å². The lowest BCUT2D eigenvalue weighted by Crippen LogP contribution is -2.24. The van der Waals surface area contributed by atoms with E-state index in [9.17, 15) is 4.39 Å². The maximum Gasteiger partial charge on any atom is 0.124 e. The fourth-order valence-corrected chi connectivity index (χ4v) is 1.81. The van der Waals surface area contributed by atoms with Crippen molar-refractivity contribution < 1.29 is 4.39 Å². The van der Waals surface area contributed by atoms with Gasteiger partial charge in [-0.15, -0.1) is 0 Å². The third kappa shape index (κ3) is 4.28. The summed E-state index contributed by atoms with van der Waals surface area (Å²) in [4.78, 5) is 2.04. The van der Waals surface area contributed by atoms with E-state index in [1.807, 2.05) is 11.9 Å². The van der Waals surface area contributed by atoms with Crippen LogP contribution in [0.3, 0.4) is 0 Å². The van der Waals surface area contributed by atoms with E-state index in [2.05, 4.69) is 15.9 Å². The lowest BCUT2D eigenvalue weighted by molar-refractivity contribution is 0.335. The molecule has 1 aromatic carbocycles. The van der Waals surface area contributed by atoms with E-state index < -0.39 is 0 Å². The van der Waals surface area contributed by atoms with Gasteiger partial charge in [0.05, 0.1) is 5.84 Å². The Balaban J connectivity index is 2.55. The number of rotatable bonds is 5. The molecule has 1 aromatic rings. The van der Waals surface area contributed by atoms with E-state index in [1.165, 1.54) is 12.1 Å². The standard InChI is InChI=1S/C11H15BrFN3/c1-16(5-4-11(14)15)7-8-2-3-9(13)6-10(8)12/h2-3,6H,4-5,7H2,1H3,(H3,14,15). The number of hydrogen-bond acceptors (Lipinski definition) is 2. The average Bonchev–Trinajstić information content (AvgIpc) is 2.19. The summed E-state index contributed by atoms with van der Waals surface area (Å²) in [6.45, 7) is 1.42. The molecule has 0 saturated heterocycles. The molecule has 5 heteroatoms. The predicted octanol–water partition coefficient (Wildman–Crippen LogP) is 2.35. The van der Waals surface area contributed by atoms with Crippen molar-refractivity contribution in [2.24, 2.45) is 5.73 Å². The Morgan fingerprint density at radius 3 is 2.81 bits per heavy atom. The van der Waals surface area contributed by atoms with Gasteiger partial charge in [0.15, 0.2) is 0 Å². The van der Waals surface area contributed by atoms with Crippen molar-refractivity contribution >= 4 is 21.8 Å². The molecular formula is C11H15BrFN3. The molecule has 3 N–H and O–H groups in total. The number of hydrogen-bond donors (Lipinski definition) is 2. The van der Waals surface area contributed by atoms with Crippen molar-refractivity contribution in [3.05, 3.63) is 34.1 Å². The topological polar surface area (TPSA) is 53.1 Å². The van der Waals surface area contributed by atoms with Gasteiger partial charge in [-0.3, -0.25) is 5.41 Å². The Bertz CT molecular complexity index is 381. The predicted molar refractivity (Wildman–Crippen MR) is 67.0 cm³/mol. The van der Waals surface area contributed by atoms with Crippen LogP contribution in [-0.4, -0.2) is 24.3 Å². The Morgan fingerprint density at radius 2 is 2.25 bits per heavy atom. The van der Waals surface area contributed by atoms with E-state index in [1.54, 1.807) is 6.07 Å². The van der Waals surface area contributed by atoms with Gasteiger partial charge in [-0.2, -0.15) is 0 Å². The van der Waals surface area contributed by atoms with Gasteiger partial charge in [-0.25, -0.2) is 4.39 Å². The van der Waals surface area contributed by atoms with Crippen LogP contribution >= 0.6 is 15.9 Å². The van der Waals surface area contributed by atoms with Crippen LogP contribution in [0.1, 0.15) is 12.0 Å². The van der Waals surface area contributed by atoms with Crippen LogP contribution < -0.4 is 5.73 Å². The fraction of sp³-hybridized carbons (Fsp3) is 0.364. The summed E-state index contributed by atoms with van der Waals surface area (Å²) in [6.07, 6.45) is 0.551. The molecule has 88 valence electrons. The summed E-state index contributed by atoms with van der Waals surface area (Å²) in [6, 6.07) is 4.65. The molecule has 0 amide bonds. The largest absolute Gasteiger partial charge is 0.388 e. The quantitative estimate of drug-likeness (QED) is 0.645. The van der Waals surface area contributed by atoms with E-state index in [0.29, 0.717) is 13.0 Å². The normalized spacial score (nSPS) is 10.8. The van der Waals surface area contributed by atoms with Gasteiger partial charge < -0.3 is 10.6 Å². The van der Waals surface area contributed by atoms with Crippen LogP contribution in [0.25, 0.3) is 0 Å². The maximum absolute atomic E-state index is 12.9. The number of amidine groups is 1. The Hall–Kier alpha value is -0.940. The van der Waals surface area contributed by atoms with E-state index >= 15 is 0 Å². The average molecular weight is 288 g/mol.